The van der Waals surface area contributed by atoms with Gasteiger partial charge >= 0.3 is 0 Å². The zero-order chi connectivity index (χ0) is 11.4. The molecule has 0 aromatic heterocycles. The van der Waals surface area contributed by atoms with Crippen molar-refractivity contribution in [3.8, 4) is 11.5 Å². The van der Waals surface area contributed by atoms with Crippen molar-refractivity contribution in [1.29, 1.82) is 0 Å². The van der Waals surface area contributed by atoms with Gasteiger partial charge in [0.1, 0.15) is 11.5 Å². The summed E-state index contributed by atoms with van der Waals surface area (Å²) in [6.07, 6.45) is 0.774. The second-order valence-electron chi connectivity index (χ2n) is 3.32. The lowest BCUT2D eigenvalue weighted by Gasteiger charge is -2.11. The molecule has 0 amide bonds. The largest absolute Gasteiger partial charge is 0.507 e. The van der Waals surface area contributed by atoms with Gasteiger partial charge in [-0.3, -0.25) is 4.79 Å². The highest BCUT2D eigenvalue weighted by atomic mass is 16.5. The molecule has 1 aromatic rings. The highest BCUT2D eigenvalue weighted by molar-refractivity contribution is 5.97. The number of hydrogen-bond donors (Lipinski definition) is 1. The molecular formula is C12H16O3. The summed E-state index contributed by atoms with van der Waals surface area (Å²) in [7, 11) is 0. The van der Waals surface area contributed by atoms with Gasteiger partial charge in [-0.25, -0.2) is 0 Å². The summed E-state index contributed by atoms with van der Waals surface area (Å²) < 4.78 is 5.37. The van der Waals surface area contributed by atoms with Crippen LogP contribution in [0.25, 0.3) is 0 Å². The smallest absolute Gasteiger partial charge is 0.163 e. The maximum Gasteiger partial charge on any atom is 0.163 e. The van der Waals surface area contributed by atoms with Gasteiger partial charge in [0.05, 0.1) is 12.2 Å². The van der Waals surface area contributed by atoms with E-state index in [1.807, 2.05) is 13.8 Å². The fourth-order valence-electron chi connectivity index (χ4n) is 1.46. The molecule has 0 spiro atoms. The van der Waals surface area contributed by atoms with Crippen LogP contribution in [-0.2, 0) is 6.42 Å². The summed E-state index contributed by atoms with van der Waals surface area (Å²) in [5, 5.41) is 9.61. The third kappa shape index (κ3) is 2.49. The number of rotatable bonds is 4. The first-order valence-electron chi connectivity index (χ1n) is 5.09. The molecule has 1 N–H and O–H groups in total. The van der Waals surface area contributed by atoms with Gasteiger partial charge in [-0.1, -0.05) is 6.92 Å². The van der Waals surface area contributed by atoms with Crippen LogP contribution >= 0.6 is 0 Å². The van der Waals surface area contributed by atoms with Crippen molar-refractivity contribution < 1.29 is 14.6 Å². The zero-order valence-corrected chi connectivity index (χ0v) is 9.33. The summed E-state index contributed by atoms with van der Waals surface area (Å²) in [6.45, 7) is 5.86. The fourth-order valence-corrected chi connectivity index (χ4v) is 1.46. The molecule has 1 rings (SSSR count). The van der Waals surface area contributed by atoms with Crippen LogP contribution in [0.3, 0.4) is 0 Å². The number of carbonyl (C=O) groups excluding carboxylic acids is 1. The average molecular weight is 208 g/mol. The number of benzene rings is 1. The van der Waals surface area contributed by atoms with Crippen LogP contribution in [0.15, 0.2) is 12.1 Å². The van der Waals surface area contributed by atoms with Crippen LogP contribution in [0.4, 0.5) is 0 Å². The van der Waals surface area contributed by atoms with Crippen LogP contribution in [0.1, 0.15) is 36.7 Å². The standard InChI is InChI=1S/C12H16O3/c1-4-9-6-10(8(3)13)11(14)7-12(9)15-5-2/h6-7,14H,4-5H2,1-3H3. The maximum atomic E-state index is 11.2. The molecule has 0 atom stereocenters. The average Bonchev–Trinajstić information content (AvgIpc) is 2.18. The summed E-state index contributed by atoms with van der Waals surface area (Å²) >= 11 is 0. The number of ether oxygens (including phenoxy) is 1. The number of hydrogen-bond acceptors (Lipinski definition) is 3. The van der Waals surface area contributed by atoms with Crippen molar-refractivity contribution in [2.75, 3.05) is 6.61 Å². The van der Waals surface area contributed by atoms with E-state index in [1.54, 1.807) is 6.07 Å². The number of phenols is 1. The molecule has 0 aliphatic heterocycles. The van der Waals surface area contributed by atoms with Gasteiger partial charge in [-0.05, 0) is 31.9 Å². The van der Waals surface area contributed by atoms with Gasteiger partial charge in [0.2, 0.25) is 0 Å². The third-order valence-corrected chi connectivity index (χ3v) is 2.24. The van der Waals surface area contributed by atoms with Crippen molar-refractivity contribution >= 4 is 5.78 Å². The van der Waals surface area contributed by atoms with Gasteiger partial charge in [-0.15, -0.1) is 0 Å². The summed E-state index contributed by atoms with van der Waals surface area (Å²) in [4.78, 5) is 11.2. The van der Waals surface area contributed by atoms with Crippen molar-refractivity contribution in [2.24, 2.45) is 0 Å². The van der Waals surface area contributed by atoms with Gasteiger partial charge in [0.15, 0.2) is 5.78 Å². The molecule has 1 aromatic carbocycles. The minimum Gasteiger partial charge on any atom is -0.507 e. The molecule has 82 valence electrons. The Kier molecular flexibility index (Phi) is 3.72. The number of aromatic hydroxyl groups is 1. The Balaban J connectivity index is 3.22. The van der Waals surface area contributed by atoms with E-state index >= 15 is 0 Å². The van der Waals surface area contributed by atoms with E-state index in [-0.39, 0.29) is 11.5 Å². The predicted molar refractivity (Wildman–Crippen MR) is 58.7 cm³/mol. The summed E-state index contributed by atoms with van der Waals surface area (Å²) in [5.41, 5.74) is 1.30. The van der Waals surface area contributed by atoms with Crippen LogP contribution < -0.4 is 4.74 Å². The van der Waals surface area contributed by atoms with Crippen LogP contribution in [-0.4, -0.2) is 17.5 Å². The third-order valence-electron chi connectivity index (χ3n) is 2.24. The minimum absolute atomic E-state index is 0.0110. The lowest BCUT2D eigenvalue weighted by Crippen LogP contribution is -2.00. The van der Waals surface area contributed by atoms with Crippen molar-refractivity contribution in [1.82, 2.24) is 0 Å². The quantitative estimate of drug-likeness (QED) is 0.773. The summed E-state index contributed by atoms with van der Waals surface area (Å²) in [5.74, 6) is 0.510. The maximum absolute atomic E-state index is 11.2. The van der Waals surface area contributed by atoms with E-state index in [0.717, 1.165) is 12.0 Å². The van der Waals surface area contributed by atoms with Gasteiger partial charge in [-0.2, -0.15) is 0 Å². The molecule has 15 heavy (non-hydrogen) atoms. The SMILES string of the molecule is CCOc1cc(O)c(C(C)=O)cc1CC. The van der Waals surface area contributed by atoms with E-state index in [1.165, 1.54) is 13.0 Å². The Morgan fingerprint density at radius 2 is 2.07 bits per heavy atom. The predicted octanol–water partition coefficient (Wildman–Crippen LogP) is 2.56. The van der Waals surface area contributed by atoms with E-state index in [0.29, 0.717) is 17.9 Å². The van der Waals surface area contributed by atoms with Crippen molar-refractivity contribution in [3.05, 3.63) is 23.3 Å². The van der Waals surface area contributed by atoms with E-state index in [9.17, 15) is 9.90 Å². The lowest BCUT2D eigenvalue weighted by molar-refractivity contribution is 0.101. The fraction of sp³-hybridized carbons (Fsp3) is 0.417. The molecule has 0 radical (unpaired) electrons. The Hall–Kier alpha value is -1.51. The molecule has 0 unspecified atom stereocenters. The molecule has 0 saturated heterocycles. The number of phenolic OH excluding ortho intramolecular Hbond substituents is 1. The van der Waals surface area contributed by atoms with E-state index in [4.69, 9.17) is 4.74 Å². The Morgan fingerprint density at radius 1 is 1.40 bits per heavy atom. The van der Waals surface area contributed by atoms with Crippen molar-refractivity contribution in [3.63, 3.8) is 0 Å². The number of carbonyl (C=O) groups is 1. The normalized spacial score (nSPS) is 10.1. The Bertz CT molecular complexity index is 369. The molecular weight excluding hydrogens is 192 g/mol. The van der Waals surface area contributed by atoms with Crippen LogP contribution in [0.2, 0.25) is 0 Å². The number of ketones is 1. The molecule has 0 bridgehead atoms. The summed E-state index contributed by atoms with van der Waals surface area (Å²) in [6, 6.07) is 3.21. The molecule has 0 saturated carbocycles. The van der Waals surface area contributed by atoms with Gasteiger partial charge in [0.25, 0.3) is 0 Å². The van der Waals surface area contributed by atoms with E-state index < -0.39 is 0 Å². The van der Waals surface area contributed by atoms with Crippen LogP contribution in [0.5, 0.6) is 11.5 Å². The topological polar surface area (TPSA) is 46.5 Å². The first-order chi connectivity index (χ1) is 7.10. The van der Waals surface area contributed by atoms with Crippen LogP contribution in [0, 0.1) is 0 Å². The molecule has 0 heterocycles. The van der Waals surface area contributed by atoms with Crippen molar-refractivity contribution in [2.45, 2.75) is 27.2 Å². The molecule has 0 fully saturated rings. The second kappa shape index (κ2) is 4.82. The number of Topliss-reactive ketones (excluding diaryl/α,β-unsaturated/α-hetero) is 1. The highest BCUT2D eigenvalue weighted by Gasteiger charge is 2.11. The van der Waals surface area contributed by atoms with Gasteiger partial charge < -0.3 is 9.84 Å². The monoisotopic (exact) mass is 208 g/mol. The lowest BCUT2D eigenvalue weighted by atomic mass is 10.0. The molecule has 3 heteroatoms. The first kappa shape index (κ1) is 11.6. The Labute approximate surface area is 89.7 Å². The molecule has 0 aliphatic carbocycles. The highest BCUT2D eigenvalue weighted by Crippen LogP contribution is 2.29. The molecule has 0 aliphatic rings. The zero-order valence-electron chi connectivity index (χ0n) is 9.33. The Morgan fingerprint density at radius 3 is 2.53 bits per heavy atom. The number of aryl methyl sites for hydroxylation is 1. The van der Waals surface area contributed by atoms with E-state index in [2.05, 4.69) is 0 Å². The second-order valence-corrected chi connectivity index (χ2v) is 3.32. The first-order valence-corrected chi connectivity index (χ1v) is 5.09. The molecule has 3 nitrogen and oxygen atoms in total. The minimum atomic E-state index is -0.134. The van der Waals surface area contributed by atoms with Gasteiger partial charge in [0, 0.05) is 6.07 Å².